The summed E-state index contributed by atoms with van der Waals surface area (Å²) in [5.74, 6) is 0. The molecule has 0 unspecified atom stereocenters. The van der Waals surface area contributed by atoms with Crippen molar-refractivity contribution in [3.63, 3.8) is 0 Å². The van der Waals surface area contributed by atoms with Gasteiger partial charge in [-0.2, -0.15) is 0 Å². The van der Waals surface area contributed by atoms with Crippen LogP contribution in [0.2, 0.25) is 0 Å². The fourth-order valence-corrected chi connectivity index (χ4v) is 2.07. The van der Waals surface area contributed by atoms with E-state index in [4.69, 9.17) is 0 Å². The number of aryl methyl sites for hydroxylation is 3. The molecule has 4 heteroatoms. The minimum Gasteiger partial charge on any atom is -0.381 e. The maximum Gasteiger partial charge on any atom is 0.253 e. The molecule has 2 aromatic heterocycles. The van der Waals surface area contributed by atoms with Gasteiger partial charge in [0.1, 0.15) is 0 Å². The molecule has 4 nitrogen and oxygen atoms in total. The third-order valence-corrected chi connectivity index (χ3v) is 3.14. The van der Waals surface area contributed by atoms with Gasteiger partial charge in [-0.05, 0) is 44.0 Å². The van der Waals surface area contributed by atoms with Crippen molar-refractivity contribution >= 4 is 5.69 Å². The highest BCUT2D eigenvalue weighted by Gasteiger charge is 2.05. The highest BCUT2D eigenvalue weighted by molar-refractivity contribution is 5.44. The topological polar surface area (TPSA) is 57.8 Å². The van der Waals surface area contributed by atoms with Crippen LogP contribution in [0.25, 0.3) is 0 Å². The van der Waals surface area contributed by atoms with E-state index in [1.165, 1.54) is 0 Å². The Morgan fingerprint density at radius 2 is 2.11 bits per heavy atom. The summed E-state index contributed by atoms with van der Waals surface area (Å²) < 4.78 is 0. The third-order valence-electron chi connectivity index (χ3n) is 3.14. The van der Waals surface area contributed by atoms with Gasteiger partial charge in [0.25, 0.3) is 5.56 Å². The van der Waals surface area contributed by atoms with Gasteiger partial charge in [0, 0.05) is 35.4 Å². The summed E-state index contributed by atoms with van der Waals surface area (Å²) in [6.07, 6.45) is 2.69. The fourth-order valence-electron chi connectivity index (χ4n) is 2.07. The second kappa shape index (κ2) is 5.69. The first kappa shape index (κ1) is 13.3. The lowest BCUT2D eigenvalue weighted by Gasteiger charge is -2.09. The molecule has 0 radical (unpaired) electrons. The molecule has 0 aliphatic rings. The van der Waals surface area contributed by atoms with Gasteiger partial charge in [0.15, 0.2) is 0 Å². The minimum absolute atomic E-state index is 0.0187. The number of pyridine rings is 2. The molecule has 2 aromatic rings. The number of anilines is 1. The van der Waals surface area contributed by atoms with Crippen LogP contribution >= 0.6 is 0 Å². The monoisotopic (exact) mass is 257 g/mol. The van der Waals surface area contributed by atoms with Crippen molar-refractivity contribution in [1.82, 2.24) is 9.97 Å². The first-order valence-electron chi connectivity index (χ1n) is 6.48. The summed E-state index contributed by atoms with van der Waals surface area (Å²) in [7, 11) is 0. The van der Waals surface area contributed by atoms with Gasteiger partial charge in [-0.1, -0.05) is 6.92 Å². The van der Waals surface area contributed by atoms with Gasteiger partial charge < -0.3 is 10.3 Å². The van der Waals surface area contributed by atoms with Crippen molar-refractivity contribution in [2.75, 3.05) is 5.32 Å². The second-order valence-corrected chi connectivity index (χ2v) is 4.69. The van der Waals surface area contributed by atoms with E-state index in [0.717, 1.165) is 34.6 Å². The Morgan fingerprint density at radius 3 is 2.79 bits per heavy atom. The molecule has 2 rings (SSSR count). The van der Waals surface area contributed by atoms with E-state index < -0.39 is 0 Å². The van der Waals surface area contributed by atoms with Crippen LogP contribution in [0, 0.1) is 13.8 Å². The van der Waals surface area contributed by atoms with Crippen molar-refractivity contribution in [2.24, 2.45) is 0 Å². The van der Waals surface area contributed by atoms with Gasteiger partial charge in [-0.3, -0.25) is 9.78 Å². The minimum atomic E-state index is -0.0187. The highest BCUT2D eigenvalue weighted by Crippen LogP contribution is 2.11. The van der Waals surface area contributed by atoms with E-state index in [-0.39, 0.29) is 5.56 Å². The summed E-state index contributed by atoms with van der Waals surface area (Å²) in [4.78, 5) is 19.0. The van der Waals surface area contributed by atoms with E-state index in [1.54, 1.807) is 6.20 Å². The Labute approximate surface area is 112 Å². The molecule has 0 aromatic carbocycles. The Hall–Kier alpha value is -2.10. The first-order valence-corrected chi connectivity index (χ1v) is 6.48. The van der Waals surface area contributed by atoms with Crippen LogP contribution in [0.3, 0.4) is 0 Å². The Bertz CT molecular complexity index is 632. The summed E-state index contributed by atoms with van der Waals surface area (Å²) >= 11 is 0. The van der Waals surface area contributed by atoms with Crippen molar-refractivity contribution in [1.29, 1.82) is 0 Å². The van der Waals surface area contributed by atoms with Gasteiger partial charge >= 0.3 is 0 Å². The molecule has 2 N–H and O–H groups in total. The number of aromatic amines is 1. The highest BCUT2D eigenvalue weighted by atomic mass is 16.1. The zero-order valence-corrected chi connectivity index (χ0v) is 11.6. The van der Waals surface area contributed by atoms with Crippen LogP contribution in [0.15, 0.2) is 29.2 Å². The first-order chi connectivity index (χ1) is 9.10. The Balaban J connectivity index is 2.16. The number of hydrogen-bond donors (Lipinski definition) is 2. The summed E-state index contributed by atoms with van der Waals surface area (Å²) in [6, 6.07) is 5.91. The van der Waals surface area contributed by atoms with Gasteiger partial charge in [-0.15, -0.1) is 0 Å². The van der Waals surface area contributed by atoms with Crippen molar-refractivity contribution in [3.05, 3.63) is 57.3 Å². The van der Waals surface area contributed by atoms with Crippen LogP contribution in [0.1, 0.15) is 29.4 Å². The fraction of sp³-hybridized carbons (Fsp3) is 0.333. The number of nitrogens with one attached hydrogen (secondary N) is 2. The van der Waals surface area contributed by atoms with Crippen molar-refractivity contribution in [2.45, 2.75) is 33.7 Å². The van der Waals surface area contributed by atoms with Crippen molar-refractivity contribution in [3.8, 4) is 0 Å². The quantitative estimate of drug-likeness (QED) is 0.885. The molecule has 19 heavy (non-hydrogen) atoms. The predicted octanol–water partition coefficient (Wildman–Crippen LogP) is 2.56. The molecule has 2 heterocycles. The van der Waals surface area contributed by atoms with E-state index >= 15 is 0 Å². The molecule has 0 aliphatic carbocycles. The number of hydrogen-bond acceptors (Lipinski definition) is 3. The van der Waals surface area contributed by atoms with Crippen LogP contribution in [0.4, 0.5) is 5.69 Å². The Kier molecular flexibility index (Phi) is 4.00. The summed E-state index contributed by atoms with van der Waals surface area (Å²) in [5.41, 5.74) is 4.70. The third kappa shape index (κ3) is 3.22. The van der Waals surface area contributed by atoms with E-state index in [9.17, 15) is 4.79 Å². The average molecular weight is 257 g/mol. The summed E-state index contributed by atoms with van der Waals surface area (Å²) in [5, 5.41) is 3.28. The zero-order valence-electron chi connectivity index (χ0n) is 11.6. The average Bonchev–Trinajstić information content (AvgIpc) is 2.37. The molecule has 0 atom stereocenters. The van der Waals surface area contributed by atoms with Crippen LogP contribution in [-0.2, 0) is 13.0 Å². The molecule has 0 saturated heterocycles. The largest absolute Gasteiger partial charge is 0.381 e. The van der Waals surface area contributed by atoms with E-state index in [0.29, 0.717) is 6.54 Å². The Morgan fingerprint density at radius 1 is 1.32 bits per heavy atom. The standard InChI is InChI=1S/C15H19N3O/c1-4-12-8-13(5-6-16-12)17-9-14-10(2)7-11(3)18-15(14)19/h5-8H,4,9H2,1-3H3,(H,16,17)(H,18,19). The SMILES string of the molecule is CCc1cc(NCc2c(C)cc(C)[nH]c2=O)ccn1. The van der Waals surface area contributed by atoms with E-state index in [1.807, 2.05) is 32.0 Å². The van der Waals surface area contributed by atoms with E-state index in [2.05, 4.69) is 22.2 Å². The molecule has 0 fully saturated rings. The molecule has 0 bridgehead atoms. The number of aromatic nitrogens is 2. The van der Waals surface area contributed by atoms with Crippen molar-refractivity contribution < 1.29 is 0 Å². The lowest BCUT2D eigenvalue weighted by Crippen LogP contribution is -2.18. The van der Waals surface area contributed by atoms with Gasteiger partial charge in [0.2, 0.25) is 0 Å². The molecule has 0 spiro atoms. The number of H-pyrrole nitrogens is 1. The number of rotatable bonds is 4. The summed E-state index contributed by atoms with van der Waals surface area (Å²) in [6.45, 7) is 6.45. The zero-order chi connectivity index (χ0) is 13.8. The van der Waals surface area contributed by atoms with Crippen LogP contribution < -0.4 is 10.9 Å². The lowest BCUT2D eigenvalue weighted by molar-refractivity contribution is 1.00. The smallest absolute Gasteiger partial charge is 0.253 e. The predicted molar refractivity (Wildman–Crippen MR) is 77.5 cm³/mol. The van der Waals surface area contributed by atoms with Gasteiger partial charge in [-0.25, -0.2) is 0 Å². The van der Waals surface area contributed by atoms with Crippen LogP contribution in [0.5, 0.6) is 0 Å². The molecule has 0 amide bonds. The second-order valence-electron chi connectivity index (χ2n) is 4.69. The maximum absolute atomic E-state index is 11.9. The molecule has 0 aliphatic heterocycles. The lowest BCUT2D eigenvalue weighted by atomic mass is 10.1. The normalized spacial score (nSPS) is 10.5. The van der Waals surface area contributed by atoms with Crippen LogP contribution in [-0.4, -0.2) is 9.97 Å². The maximum atomic E-state index is 11.9. The molecular formula is C15H19N3O. The molecule has 100 valence electrons. The molecular weight excluding hydrogens is 238 g/mol. The number of nitrogens with zero attached hydrogens (tertiary/aromatic N) is 1. The van der Waals surface area contributed by atoms with Gasteiger partial charge in [0.05, 0.1) is 0 Å². The molecule has 0 saturated carbocycles.